The third kappa shape index (κ3) is 2.58. The fourth-order valence-corrected chi connectivity index (χ4v) is 2.10. The van der Waals surface area contributed by atoms with Gasteiger partial charge < -0.3 is 15.5 Å². The highest BCUT2D eigenvalue weighted by molar-refractivity contribution is 5.87. The maximum absolute atomic E-state index is 12.2. The van der Waals surface area contributed by atoms with Crippen LogP contribution in [0.5, 0.6) is 0 Å². The molecule has 4 nitrogen and oxygen atoms in total. The molecule has 1 atom stereocenters. The van der Waals surface area contributed by atoms with Gasteiger partial charge in [0, 0.05) is 32.2 Å². The largest absolute Gasteiger partial charge is 0.373 e. The Morgan fingerprint density at radius 3 is 3.00 bits per heavy atom. The highest BCUT2D eigenvalue weighted by Crippen LogP contribution is 2.25. The molecule has 1 heterocycles. The molecule has 92 valence electrons. The van der Waals surface area contributed by atoms with Crippen LogP contribution in [0.4, 0.5) is 5.69 Å². The van der Waals surface area contributed by atoms with Crippen LogP contribution in [0, 0.1) is 0 Å². The molecule has 0 fully saturated rings. The molecule has 0 aromatic heterocycles. The fraction of sp³-hybridized carbons (Fsp3) is 0.462. The van der Waals surface area contributed by atoms with Crippen LogP contribution in [0.25, 0.3) is 0 Å². The van der Waals surface area contributed by atoms with Gasteiger partial charge in [-0.3, -0.25) is 4.79 Å². The predicted molar refractivity (Wildman–Crippen MR) is 69.1 cm³/mol. The summed E-state index contributed by atoms with van der Waals surface area (Å²) in [5, 5.41) is 6.33. The molecule has 17 heavy (non-hydrogen) atoms. The molecule has 1 amide bonds. The first-order chi connectivity index (χ1) is 8.22. The van der Waals surface area contributed by atoms with Crippen molar-refractivity contribution < 1.29 is 4.79 Å². The number of amides is 1. The zero-order valence-electron chi connectivity index (χ0n) is 10.4. The third-order valence-corrected chi connectivity index (χ3v) is 3.14. The number of carbonyl (C=O) groups is 1. The Morgan fingerprint density at radius 1 is 1.53 bits per heavy atom. The van der Waals surface area contributed by atoms with Crippen LogP contribution >= 0.6 is 0 Å². The molecule has 1 unspecified atom stereocenters. The van der Waals surface area contributed by atoms with Crippen molar-refractivity contribution in [3.8, 4) is 0 Å². The lowest BCUT2D eigenvalue weighted by molar-refractivity contribution is -0.130. The lowest BCUT2D eigenvalue weighted by Gasteiger charge is -2.21. The number of para-hydroxylation sites is 1. The standard InChI is InChI=1S/C13H19N3O/c1-14-7-8-16(2)13(17)12-9-10-5-3-4-6-11(10)15-12/h3-6,12,14-15H,7-9H2,1-2H3. The Hall–Kier alpha value is -1.55. The number of likely N-dealkylation sites (N-methyl/N-ethyl adjacent to an activating group) is 2. The average molecular weight is 233 g/mol. The summed E-state index contributed by atoms with van der Waals surface area (Å²) in [6.45, 7) is 1.56. The summed E-state index contributed by atoms with van der Waals surface area (Å²) in [6.07, 6.45) is 0.791. The van der Waals surface area contributed by atoms with E-state index in [1.165, 1.54) is 5.56 Å². The van der Waals surface area contributed by atoms with Crippen molar-refractivity contribution in [1.82, 2.24) is 10.2 Å². The van der Waals surface area contributed by atoms with Gasteiger partial charge in [0.05, 0.1) is 0 Å². The first kappa shape index (κ1) is 11.9. The first-order valence-corrected chi connectivity index (χ1v) is 5.96. The van der Waals surface area contributed by atoms with Crippen molar-refractivity contribution >= 4 is 11.6 Å². The van der Waals surface area contributed by atoms with E-state index in [2.05, 4.69) is 16.7 Å². The molecule has 1 aromatic carbocycles. The Labute approximate surface area is 102 Å². The van der Waals surface area contributed by atoms with E-state index < -0.39 is 0 Å². The quantitative estimate of drug-likeness (QED) is 0.804. The maximum Gasteiger partial charge on any atom is 0.245 e. The van der Waals surface area contributed by atoms with Crippen molar-refractivity contribution in [2.45, 2.75) is 12.5 Å². The Morgan fingerprint density at radius 2 is 2.29 bits per heavy atom. The molecule has 0 saturated carbocycles. The fourth-order valence-electron chi connectivity index (χ4n) is 2.10. The van der Waals surface area contributed by atoms with Crippen molar-refractivity contribution in [2.24, 2.45) is 0 Å². The molecule has 0 radical (unpaired) electrons. The van der Waals surface area contributed by atoms with E-state index in [1.54, 1.807) is 4.90 Å². The van der Waals surface area contributed by atoms with Crippen LogP contribution in [0.1, 0.15) is 5.56 Å². The predicted octanol–water partition coefficient (Wildman–Crippen LogP) is 0.701. The molecule has 0 bridgehead atoms. The number of nitrogens with one attached hydrogen (secondary N) is 2. The Balaban J connectivity index is 1.96. The van der Waals surface area contributed by atoms with Gasteiger partial charge in [-0.15, -0.1) is 0 Å². The minimum absolute atomic E-state index is 0.103. The topological polar surface area (TPSA) is 44.4 Å². The van der Waals surface area contributed by atoms with Gasteiger partial charge in [-0.05, 0) is 18.7 Å². The Kier molecular flexibility index (Phi) is 3.64. The summed E-state index contributed by atoms with van der Waals surface area (Å²) in [4.78, 5) is 13.9. The number of hydrogen-bond donors (Lipinski definition) is 2. The number of fused-ring (bicyclic) bond motifs is 1. The molecule has 2 N–H and O–H groups in total. The van der Waals surface area contributed by atoms with Gasteiger partial charge in [-0.2, -0.15) is 0 Å². The number of rotatable bonds is 4. The number of benzene rings is 1. The summed E-state index contributed by atoms with van der Waals surface area (Å²) < 4.78 is 0. The zero-order chi connectivity index (χ0) is 12.3. The SMILES string of the molecule is CNCCN(C)C(=O)C1Cc2ccccc2N1. The van der Waals surface area contributed by atoms with Gasteiger partial charge in [0.2, 0.25) is 5.91 Å². The van der Waals surface area contributed by atoms with Crippen molar-refractivity contribution in [1.29, 1.82) is 0 Å². The third-order valence-electron chi connectivity index (χ3n) is 3.14. The summed E-state index contributed by atoms with van der Waals surface area (Å²) in [5.41, 5.74) is 2.32. The lowest BCUT2D eigenvalue weighted by atomic mass is 10.1. The van der Waals surface area contributed by atoms with Gasteiger partial charge >= 0.3 is 0 Å². The van der Waals surface area contributed by atoms with E-state index in [0.717, 1.165) is 25.2 Å². The second-order valence-electron chi connectivity index (χ2n) is 4.42. The zero-order valence-corrected chi connectivity index (χ0v) is 10.4. The highest BCUT2D eigenvalue weighted by Gasteiger charge is 2.28. The van der Waals surface area contributed by atoms with Crippen LogP contribution in [-0.2, 0) is 11.2 Å². The molecule has 1 aliphatic heterocycles. The first-order valence-electron chi connectivity index (χ1n) is 5.96. The van der Waals surface area contributed by atoms with Gasteiger partial charge in [-0.1, -0.05) is 18.2 Å². The summed E-state index contributed by atoms with van der Waals surface area (Å²) in [6, 6.07) is 8.00. The van der Waals surface area contributed by atoms with Gasteiger partial charge in [0.1, 0.15) is 6.04 Å². The molecule has 4 heteroatoms. The van der Waals surface area contributed by atoms with E-state index in [-0.39, 0.29) is 11.9 Å². The minimum atomic E-state index is -0.103. The summed E-state index contributed by atoms with van der Waals surface area (Å²) >= 11 is 0. The van der Waals surface area contributed by atoms with Gasteiger partial charge in [0.25, 0.3) is 0 Å². The summed E-state index contributed by atoms with van der Waals surface area (Å²) in [7, 11) is 3.74. The number of nitrogens with zero attached hydrogens (tertiary/aromatic N) is 1. The van der Waals surface area contributed by atoms with Gasteiger partial charge in [0.15, 0.2) is 0 Å². The van der Waals surface area contributed by atoms with Crippen LogP contribution in [0.15, 0.2) is 24.3 Å². The average Bonchev–Trinajstić information content (AvgIpc) is 2.78. The van der Waals surface area contributed by atoms with Crippen molar-refractivity contribution in [3.63, 3.8) is 0 Å². The molecule has 0 saturated heterocycles. The van der Waals surface area contributed by atoms with Crippen LogP contribution in [-0.4, -0.2) is 44.0 Å². The van der Waals surface area contributed by atoms with Crippen molar-refractivity contribution in [3.05, 3.63) is 29.8 Å². The van der Waals surface area contributed by atoms with Crippen LogP contribution in [0.3, 0.4) is 0 Å². The highest BCUT2D eigenvalue weighted by atomic mass is 16.2. The van der Waals surface area contributed by atoms with E-state index >= 15 is 0 Å². The van der Waals surface area contributed by atoms with E-state index in [1.807, 2.05) is 32.3 Å². The van der Waals surface area contributed by atoms with Crippen molar-refractivity contribution in [2.75, 3.05) is 32.5 Å². The normalized spacial score (nSPS) is 17.4. The van der Waals surface area contributed by atoms with E-state index in [0.29, 0.717) is 0 Å². The maximum atomic E-state index is 12.2. The molecule has 1 aromatic rings. The van der Waals surface area contributed by atoms with Crippen LogP contribution in [0.2, 0.25) is 0 Å². The summed E-state index contributed by atoms with van der Waals surface area (Å²) in [5.74, 6) is 0.163. The molecule has 1 aliphatic rings. The number of anilines is 1. The van der Waals surface area contributed by atoms with E-state index in [4.69, 9.17) is 0 Å². The smallest absolute Gasteiger partial charge is 0.245 e. The number of carbonyl (C=O) groups excluding carboxylic acids is 1. The molecular formula is C13H19N3O. The molecule has 2 rings (SSSR count). The van der Waals surface area contributed by atoms with Gasteiger partial charge in [-0.25, -0.2) is 0 Å². The lowest BCUT2D eigenvalue weighted by Crippen LogP contribution is -2.42. The monoisotopic (exact) mass is 233 g/mol. The van der Waals surface area contributed by atoms with E-state index in [9.17, 15) is 4.79 Å². The van der Waals surface area contributed by atoms with Crippen LogP contribution < -0.4 is 10.6 Å². The Bertz CT molecular complexity index is 380. The second kappa shape index (κ2) is 5.19. The number of hydrogen-bond acceptors (Lipinski definition) is 3. The second-order valence-corrected chi connectivity index (χ2v) is 4.42. The molecule has 0 spiro atoms. The molecule has 0 aliphatic carbocycles. The molecular weight excluding hydrogens is 214 g/mol. The minimum Gasteiger partial charge on any atom is -0.373 e.